The van der Waals surface area contributed by atoms with E-state index in [2.05, 4.69) is 0 Å². The minimum absolute atomic E-state index is 0.216. The molecular formula is CF2N2O7S3. The molecule has 15 heavy (non-hydrogen) atoms. The van der Waals surface area contributed by atoms with Crippen molar-refractivity contribution in [2.24, 2.45) is 4.40 Å². The molecule has 0 aromatic heterocycles. The van der Waals surface area contributed by atoms with Gasteiger partial charge in [-0.2, -0.15) is 25.3 Å². The van der Waals surface area contributed by atoms with Crippen LogP contribution in [0.4, 0.5) is 7.77 Å². The van der Waals surface area contributed by atoms with Gasteiger partial charge in [0.15, 0.2) is 0 Å². The number of hydrogen-bond acceptors (Lipinski definition) is 7. The van der Waals surface area contributed by atoms with Gasteiger partial charge < -0.3 is 0 Å². The third kappa shape index (κ3) is 3.60. The second-order valence-electron chi connectivity index (χ2n) is 1.68. The van der Waals surface area contributed by atoms with E-state index in [-0.39, 0.29) is 6.08 Å². The highest BCUT2D eigenvalue weighted by molar-refractivity contribution is 8.14. The molecule has 0 rings (SSSR count). The molecule has 88 valence electrons. The van der Waals surface area contributed by atoms with Gasteiger partial charge in [-0.25, -0.2) is 4.79 Å². The maximum absolute atomic E-state index is 12.1. The first kappa shape index (κ1) is 14.0. The van der Waals surface area contributed by atoms with Gasteiger partial charge in [0.25, 0.3) is 6.08 Å². The lowest BCUT2D eigenvalue weighted by Crippen LogP contribution is -2.35. The summed E-state index contributed by atoms with van der Waals surface area (Å²) in [5.41, 5.74) is 0. The average molecular weight is 286 g/mol. The average Bonchev–Trinajstić information content (AvgIpc) is 1.75. The van der Waals surface area contributed by atoms with Gasteiger partial charge in [-0.3, -0.25) is 0 Å². The number of nitrogens with zero attached hydrogens (tertiary/aromatic N) is 2. The number of isocyanates is 1. The fourth-order valence-electron chi connectivity index (χ4n) is 0.412. The molecule has 0 saturated heterocycles. The minimum atomic E-state index is -6.49. The zero-order chi connectivity index (χ0) is 12.5. The van der Waals surface area contributed by atoms with E-state index in [0.717, 1.165) is 0 Å². The molecule has 0 aliphatic carbocycles. The Hall–Kier alpha value is -0.950. The highest BCUT2D eigenvalue weighted by Gasteiger charge is 2.46. The van der Waals surface area contributed by atoms with Crippen LogP contribution in [0.1, 0.15) is 0 Å². The predicted octanol–water partition coefficient (Wildman–Crippen LogP) is -1.70. The zero-order valence-corrected chi connectivity index (χ0v) is 8.68. The van der Waals surface area contributed by atoms with E-state index in [1.165, 1.54) is 0 Å². The summed E-state index contributed by atoms with van der Waals surface area (Å²) in [6, 6.07) is 0. The van der Waals surface area contributed by atoms with E-state index in [9.17, 15) is 37.8 Å². The van der Waals surface area contributed by atoms with Crippen LogP contribution in [-0.4, -0.2) is 34.4 Å². The van der Waals surface area contributed by atoms with Crippen LogP contribution in [0, 0.1) is 0 Å². The monoisotopic (exact) mass is 286 g/mol. The highest BCUT2D eigenvalue weighted by atomic mass is 32.4. The topological polar surface area (TPSA) is 135 Å². The summed E-state index contributed by atoms with van der Waals surface area (Å²) in [5.74, 6) is 0. The van der Waals surface area contributed by atoms with Gasteiger partial charge in [-0.15, -0.1) is 0 Å². The predicted molar refractivity (Wildman–Crippen MR) is 38.9 cm³/mol. The minimum Gasteiger partial charge on any atom is -0.210 e. The SMILES string of the molecule is O=C=NS(=O)(=O)N(S(=O)(=O)F)S(=O)(=O)F. The van der Waals surface area contributed by atoms with E-state index < -0.39 is 34.1 Å². The molecule has 0 N–H and O–H groups in total. The Morgan fingerprint density at radius 3 is 1.47 bits per heavy atom. The molecule has 9 nitrogen and oxygen atoms in total. The number of carbonyl (C=O) groups excluding carboxylic acids is 1. The number of hydrogen-bond donors (Lipinski definition) is 0. The van der Waals surface area contributed by atoms with Crippen molar-refractivity contribution in [1.29, 1.82) is 0 Å². The van der Waals surface area contributed by atoms with Crippen LogP contribution < -0.4 is 0 Å². The summed E-state index contributed by atoms with van der Waals surface area (Å²) in [6.45, 7) is 0. The molecule has 0 aliphatic heterocycles. The van der Waals surface area contributed by atoms with Crippen molar-refractivity contribution < 1.29 is 37.8 Å². The van der Waals surface area contributed by atoms with Gasteiger partial charge in [0.2, 0.25) is 0 Å². The van der Waals surface area contributed by atoms with E-state index in [4.69, 9.17) is 0 Å². The zero-order valence-electron chi connectivity index (χ0n) is 6.23. The van der Waals surface area contributed by atoms with Crippen LogP contribution >= 0.6 is 0 Å². The smallest absolute Gasteiger partial charge is 0.210 e. The van der Waals surface area contributed by atoms with Gasteiger partial charge >= 0.3 is 31.0 Å². The fourth-order valence-corrected chi connectivity index (χ4v) is 3.42. The lowest BCUT2D eigenvalue weighted by Gasteiger charge is -2.06. The Balaban J connectivity index is 6.13. The molecule has 0 aliphatic rings. The summed E-state index contributed by atoms with van der Waals surface area (Å²) in [4.78, 5) is 9.45. The summed E-state index contributed by atoms with van der Waals surface area (Å²) in [7, 11) is -18.9. The van der Waals surface area contributed by atoms with Crippen molar-refractivity contribution in [3.8, 4) is 0 Å². The van der Waals surface area contributed by atoms with Crippen molar-refractivity contribution in [2.75, 3.05) is 0 Å². The Bertz CT molecular complexity index is 561. The third-order valence-corrected chi connectivity index (χ3v) is 5.36. The van der Waals surface area contributed by atoms with Gasteiger partial charge in [0.05, 0.1) is 3.12 Å². The van der Waals surface area contributed by atoms with Crippen molar-refractivity contribution in [1.82, 2.24) is 3.12 Å². The Morgan fingerprint density at radius 2 is 1.27 bits per heavy atom. The Kier molecular flexibility index (Phi) is 3.65. The Labute approximate surface area is 82.9 Å². The largest absolute Gasteiger partial charge is 0.405 e. The summed E-state index contributed by atoms with van der Waals surface area (Å²) in [6.07, 6.45) is 0.216. The molecule has 0 aromatic carbocycles. The molecule has 0 spiro atoms. The van der Waals surface area contributed by atoms with Crippen molar-refractivity contribution >= 4 is 37.1 Å². The van der Waals surface area contributed by atoms with Crippen LogP contribution in [0.15, 0.2) is 4.40 Å². The summed E-state index contributed by atoms with van der Waals surface area (Å²) >= 11 is 0. The van der Waals surface area contributed by atoms with E-state index in [0.29, 0.717) is 0 Å². The maximum atomic E-state index is 12.1. The molecule has 0 fully saturated rings. The van der Waals surface area contributed by atoms with Gasteiger partial charge in [0.1, 0.15) is 0 Å². The number of halogens is 2. The van der Waals surface area contributed by atoms with Crippen LogP contribution in [-0.2, 0) is 35.8 Å². The molecule has 0 atom stereocenters. The first-order valence-corrected chi connectivity index (χ1v) is 6.54. The molecule has 0 aromatic rings. The van der Waals surface area contributed by atoms with Crippen molar-refractivity contribution in [3.05, 3.63) is 0 Å². The van der Waals surface area contributed by atoms with E-state index >= 15 is 0 Å². The lowest BCUT2D eigenvalue weighted by molar-refractivity contribution is 0.485. The first-order valence-electron chi connectivity index (χ1n) is 2.47. The van der Waals surface area contributed by atoms with Gasteiger partial charge in [-0.05, 0) is 0 Å². The van der Waals surface area contributed by atoms with E-state index in [1.807, 2.05) is 0 Å². The quantitative estimate of drug-likeness (QED) is 0.341. The van der Waals surface area contributed by atoms with Gasteiger partial charge in [0, 0.05) is 0 Å². The molecule has 14 heteroatoms. The third-order valence-electron chi connectivity index (χ3n) is 0.697. The molecular weight excluding hydrogens is 286 g/mol. The molecule has 0 unspecified atom stereocenters. The standard InChI is InChI=1S/CF2N2O7S3/c2-13(7,8)5(14(3,9)10)15(11,12)4-1-6. The van der Waals surface area contributed by atoms with Crippen LogP contribution in [0.2, 0.25) is 0 Å². The first-order chi connectivity index (χ1) is 6.43. The van der Waals surface area contributed by atoms with Crippen LogP contribution in [0.3, 0.4) is 0 Å². The second kappa shape index (κ2) is 3.90. The number of rotatable bonds is 4. The normalized spacial score (nSPS) is 13.5. The van der Waals surface area contributed by atoms with E-state index in [1.54, 1.807) is 4.40 Å². The lowest BCUT2D eigenvalue weighted by atomic mass is 11.7. The Morgan fingerprint density at radius 1 is 0.933 bits per heavy atom. The summed E-state index contributed by atoms with van der Waals surface area (Å²) < 4.78 is 84.5. The second-order valence-corrected chi connectivity index (χ2v) is 6.19. The van der Waals surface area contributed by atoms with Crippen molar-refractivity contribution in [2.45, 2.75) is 0 Å². The van der Waals surface area contributed by atoms with Crippen LogP contribution in [0.5, 0.6) is 0 Å². The van der Waals surface area contributed by atoms with Gasteiger partial charge in [-0.1, -0.05) is 12.2 Å². The fraction of sp³-hybridized carbons (Fsp3) is 0. The summed E-state index contributed by atoms with van der Waals surface area (Å²) in [5, 5.41) is 0. The highest BCUT2D eigenvalue weighted by Crippen LogP contribution is 2.18. The molecule has 0 heterocycles. The van der Waals surface area contributed by atoms with Crippen LogP contribution in [0.25, 0.3) is 0 Å². The molecule has 0 saturated carbocycles. The molecule has 0 radical (unpaired) electrons. The van der Waals surface area contributed by atoms with Crippen molar-refractivity contribution in [3.63, 3.8) is 0 Å². The molecule has 0 bridgehead atoms. The molecule has 0 amide bonds. The maximum Gasteiger partial charge on any atom is 0.405 e.